The predicted molar refractivity (Wildman–Crippen MR) is 114 cm³/mol. The van der Waals surface area contributed by atoms with Crippen LogP contribution in [0.2, 0.25) is 0 Å². The predicted octanol–water partition coefficient (Wildman–Crippen LogP) is 4.36. The Hall–Kier alpha value is -2.58. The first-order valence-corrected chi connectivity index (χ1v) is 10.6. The van der Waals surface area contributed by atoms with Gasteiger partial charge in [0.2, 0.25) is 11.0 Å². The summed E-state index contributed by atoms with van der Waals surface area (Å²) < 4.78 is 5.99. The molecule has 0 saturated heterocycles. The standard InChI is InChI=1S/C20H20N4O2S2/c1-13(18(25)24-11-10-14-6-3-4-9-17(14)24)27-20-23-22-19(28-20)21-15-7-5-8-16(12-15)26-2/h3-9,12-13H,10-11H2,1-2H3,(H,21,22)/t13-/m1/s1. The van der Waals surface area contributed by atoms with Gasteiger partial charge in [-0.2, -0.15) is 0 Å². The fraction of sp³-hybridized carbons (Fsp3) is 0.250. The van der Waals surface area contributed by atoms with Crippen molar-refractivity contribution in [1.82, 2.24) is 10.2 Å². The molecule has 8 heteroatoms. The Kier molecular flexibility index (Phi) is 5.50. The van der Waals surface area contributed by atoms with E-state index in [1.165, 1.54) is 28.7 Å². The van der Waals surface area contributed by atoms with Crippen molar-refractivity contribution in [3.63, 3.8) is 0 Å². The SMILES string of the molecule is COc1cccc(Nc2nnc(S[C@H](C)C(=O)N3CCc4ccccc43)s2)c1. The number of hydrogen-bond donors (Lipinski definition) is 1. The number of benzene rings is 2. The Labute approximate surface area is 171 Å². The van der Waals surface area contributed by atoms with Gasteiger partial charge in [0.15, 0.2) is 4.34 Å². The number of anilines is 3. The fourth-order valence-corrected chi connectivity index (χ4v) is 5.10. The minimum Gasteiger partial charge on any atom is -0.497 e. The third-order valence-electron chi connectivity index (χ3n) is 4.51. The van der Waals surface area contributed by atoms with Crippen LogP contribution in [-0.4, -0.2) is 35.0 Å². The highest BCUT2D eigenvalue weighted by Gasteiger charge is 2.28. The highest BCUT2D eigenvalue weighted by Crippen LogP contribution is 2.34. The molecule has 1 aromatic heterocycles. The highest BCUT2D eigenvalue weighted by atomic mass is 32.2. The lowest BCUT2D eigenvalue weighted by Crippen LogP contribution is -2.35. The molecule has 0 bridgehead atoms. The number of hydrogen-bond acceptors (Lipinski definition) is 7. The van der Waals surface area contributed by atoms with Crippen LogP contribution >= 0.6 is 23.1 Å². The van der Waals surface area contributed by atoms with Gasteiger partial charge in [0.25, 0.3) is 0 Å². The van der Waals surface area contributed by atoms with Crippen molar-refractivity contribution in [2.24, 2.45) is 0 Å². The van der Waals surface area contributed by atoms with Crippen LogP contribution in [0.5, 0.6) is 5.75 Å². The summed E-state index contributed by atoms with van der Waals surface area (Å²) in [5, 5.41) is 12.1. The van der Waals surface area contributed by atoms with Gasteiger partial charge in [-0.15, -0.1) is 10.2 Å². The second-order valence-electron chi connectivity index (χ2n) is 6.36. The topological polar surface area (TPSA) is 67.3 Å². The van der Waals surface area contributed by atoms with E-state index in [9.17, 15) is 4.79 Å². The largest absolute Gasteiger partial charge is 0.497 e. The molecule has 0 spiro atoms. The summed E-state index contributed by atoms with van der Waals surface area (Å²) in [6.45, 7) is 2.66. The Bertz CT molecular complexity index is 992. The van der Waals surface area contributed by atoms with Crippen molar-refractivity contribution >= 4 is 45.5 Å². The molecule has 6 nitrogen and oxygen atoms in total. The molecule has 28 heavy (non-hydrogen) atoms. The first-order chi connectivity index (χ1) is 13.6. The van der Waals surface area contributed by atoms with Crippen LogP contribution in [0.4, 0.5) is 16.5 Å². The van der Waals surface area contributed by atoms with Gasteiger partial charge in [-0.05, 0) is 37.1 Å². The molecule has 0 fully saturated rings. The number of fused-ring (bicyclic) bond motifs is 1. The maximum absolute atomic E-state index is 12.9. The van der Waals surface area contributed by atoms with Gasteiger partial charge < -0.3 is 15.0 Å². The lowest BCUT2D eigenvalue weighted by molar-refractivity contribution is -0.117. The quantitative estimate of drug-likeness (QED) is 0.607. The summed E-state index contributed by atoms with van der Waals surface area (Å²) >= 11 is 2.87. The number of para-hydroxylation sites is 1. The van der Waals surface area contributed by atoms with Crippen LogP contribution in [-0.2, 0) is 11.2 Å². The summed E-state index contributed by atoms with van der Waals surface area (Å²) in [5.41, 5.74) is 3.14. The van der Waals surface area contributed by atoms with Gasteiger partial charge >= 0.3 is 0 Å². The lowest BCUT2D eigenvalue weighted by Gasteiger charge is -2.20. The van der Waals surface area contributed by atoms with E-state index in [1.54, 1.807) is 7.11 Å². The molecule has 1 N–H and O–H groups in total. The van der Waals surface area contributed by atoms with Crippen LogP contribution in [0.3, 0.4) is 0 Å². The zero-order valence-electron chi connectivity index (χ0n) is 15.6. The first kappa shape index (κ1) is 18.8. The summed E-state index contributed by atoms with van der Waals surface area (Å²) in [6.07, 6.45) is 0.909. The molecular weight excluding hydrogens is 392 g/mol. The minimum atomic E-state index is -0.233. The Morgan fingerprint density at radius 1 is 1.25 bits per heavy atom. The number of nitrogens with one attached hydrogen (secondary N) is 1. The number of nitrogens with zero attached hydrogens (tertiary/aromatic N) is 3. The van der Waals surface area contributed by atoms with E-state index >= 15 is 0 Å². The molecule has 0 aliphatic carbocycles. The third kappa shape index (κ3) is 3.98. The van der Waals surface area contributed by atoms with E-state index in [0.717, 1.165) is 34.4 Å². The number of ether oxygens (including phenoxy) is 1. The van der Waals surface area contributed by atoms with Crippen LogP contribution in [0, 0.1) is 0 Å². The Balaban J connectivity index is 1.40. The van der Waals surface area contributed by atoms with Gasteiger partial charge in [-0.3, -0.25) is 4.79 Å². The van der Waals surface area contributed by atoms with E-state index in [0.29, 0.717) is 5.13 Å². The molecule has 1 aliphatic heterocycles. The molecule has 2 heterocycles. The van der Waals surface area contributed by atoms with Crippen molar-refractivity contribution in [3.8, 4) is 5.75 Å². The highest BCUT2D eigenvalue weighted by molar-refractivity contribution is 8.02. The van der Waals surface area contributed by atoms with E-state index in [2.05, 4.69) is 21.6 Å². The maximum atomic E-state index is 12.9. The molecule has 144 valence electrons. The smallest absolute Gasteiger partial charge is 0.240 e. The first-order valence-electron chi connectivity index (χ1n) is 8.94. The summed E-state index contributed by atoms with van der Waals surface area (Å²) in [7, 11) is 1.63. The van der Waals surface area contributed by atoms with Gasteiger partial charge in [0.1, 0.15) is 5.75 Å². The molecule has 2 aromatic carbocycles. The van der Waals surface area contributed by atoms with Gasteiger partial charge in [-0.25, -0.2) is 0 Å². The summed E-state index contributed by atoms with van der Waals surface area (Å²) in [6, 6.07) is 15.7. The normalized spacial score (nSPS) is 13.9. The Morgan fingerprint density at radius 2 is 2.11 bits per heavy atom. The van der Waals surface area contributed by atoms with Crippen LogP contribution in [0.25, 0.3) is 0 Å². The molecule has 1 amide bonds. The zero-order valence-corrected chi connectivity index (χ0v) is 17.2. The molecule has 1 aliphatic rings. The molecule has 0 unspecified atom stereocenters. The van der Waals surface area contributed by atoms with E-state index in [-0.39, 0.29) is 11.2 Å². The number of carbonyl (C=O) groups is 1. The second-order valence-corrected chi connectivity index (χ2v) is 8.92. The second kappa shape index (κ2) is 8.20. The van der Waals surface area contributed by atoms with E-state index in [1.807, 2.05) is 54.3 Å². The zero-order chi connectivity index (χ0) is 19.5. The molecule has 3 aromatic rings. The number of amides is 1. The molecule has 0 radical (unpaired) electrons. The third-order valence-corrected chi connectivity index (χ3v) is 6.52. The van der Waals surface area contributed by atoms with Crippen molar-refractivity contribution in [1.29, 1.82) is 0 Å². The maximum Gasteiger partial charge on any atom is 0.240 e. The van der Waals surface area contributed by atoms with Crippen LogP contribution in [0.1, 0.15) is 12.5 Å². The van der Waals surface area contributed by atoms with Gasteiger partial charge in [-0.1, -0.05) is 47.4 Å². The van der Waals surface area contributed by atoms with Crippen molar-refractivity contribution in [3.05, 3.63) is 54.1 Å². The minimum absolute atomic E-state index is 0.104. The number of carbonyl (C=O) groups excluding carboxylic acids is 1. The van der Waals surface area contributed by atoms with E-state index in [4.69, 9.17) is 4.74 Å². The van der Waals surface area contributed by atoms with Crippen molar-refractivity contribution in [2.75, 3.05) is 23.9 Å². The molecule has 1 atom stereocenters. The average molecular weight is 413 g/mol. The van der Waals surface area contributed by atoms with Crippen LogP contribution < -0.4 is 15.0 Å². The number of rotatable bonds is 6. The lowest BCUT2D eigenvalue weighted by atomic mass is 10.2. The van der Waals surface area contributed by atoms with E-state index < -0.39 is 0 Å². The number of methoxy groups -OCH3 is 1. The number of thioether (sulfide) groups is 1. The van der Waals surface area contributed by atoms with Gasteiger partial charge in [0, 0.05) is 24.0 Å². The monoisotopic (exact) mass is 412 g/mol. The van der Waals surface area contributed by atoms with Crippen molar-refractivity contribution in [2.45, 2.75) is 22.9 Å². The number of aromatic nitrogens is 2. The molecular formula is C20H20N4O2S2. The fourth-order valence-electron chi connectivity index (χ4n) is 3.12. The molecule has 0 saturated carbocycles. The molecule has 4 rings (SSSR count). The summed E-state index contributed by atoms with van der Waals surface area (Å²) in [5.74, 6) is 0.877. The van der Waals surface area contributed by atoms with Crippen LogP contribution in [0.15, 0.2) is 52.9 Å². The average Bonchev–Trinajstić information content (AvgIpc) is 3.34. The van der Waals surface area contributed by atoms with Gasteiger partial charge in [0.05, 0.1) is 12.4 Å². The van der Waals surface area contributed by atoms with Crippen molar-refractivity contribution < 1.29 is 9.53 Å². The Morgan fingerprint density at radius 3 is 2.96 bits per heavy atom. The summed E-state index contributed by atoms with van der Waals surface area (Å²) in [4.78, 5) is 14.8.